The van der Waals surface area contributed by atoms with E-state index in [2.05, 4.69) is 0 Å². The van der Waals surface area contributed by atoms with Crippen LogP contribution in [0, 0.1) is 35.5 Å². The molecule has 0 heterocycles. The number of likely N-dealkylation sites (N-methyl/N-ethyl adjacent to an activating group) is 2. The van der Waals surface area contributed by atoms with Crippen molar-refractivity contribution in [2.75, 3.05) is 33.7 Å². The molecule has 45 heavy (non-hydrogen) atoms. The number of carbonyl (C=O) groups excluding carboxylic acids is 7. The number of rotatable bonds is 25. The third kappa shape index (κ3) is 16.9. The highest BCUT2D eigenvalue weighted by Gasteiger charge is 2.34. The maximum Gasteiger partial charge on any atom is 0.242 e. The maximum atomic E-state index is 13.7. The average Bonchev–Trinajstić information content (AvgIpc) is 2.93. The second kappa shape index (κ2) is 21.9. The predicted molar refractivity (Wildman–Crippen MR) is 176 cm³/mol. The van der Waals surface area contributed by atoms with Gasteiger partial charge in [0, 0.05) is 69.9 Å². The first-order valence-corrected chi connectivity index (χ1v) is 16.7. The third-order valence-electron chi connectivity index (χ3n) is 8.48. The van der Waals surface area contributed by atoms with Gasteiger partial charge in [-0.3, -0.25) is 33.6 Å². The van der Waals surface area contributed by atoms with E-state index in [0.29, 0.717) is 25.8 Å². The van der Waals surface area contributed by atoms with Crippen LogP contribution < -0.4 is 5.73 Å². The largest absolute Gasteiger partial charge is 0.337 e. The molecule has 0 radical (unpaired) electrons. The number of unbranched alkanes of at least 4 members (excludes halogenated alkanes) is 1. The summed E-state index contributed by atoms with van der Waals surface area (Å²) in [5.74, 6) is -3.46. The molecule has 0 aromatic rings. The van der Waals surface area contributed by atoms with E-state index in [1.807, 2.05) is 34.6 Å². The molecule has 0 saturated carbocycles. The van der Waals surface area contributed by atoms with Crippen molar-refractivity contribution < 1.29 is 33.6 Å². The van der Waals surface area contributed by atoms with Crippen molar-refractivity contribution in [3.63, 3.8) is 0 Å². The van der Waals surface area contributed by atoms with Crippen LogP contribution in [0.25, 0.3) is 0 Å². The molecule has 2 amide bonds. The van der Waals surface area contributed by atoms with Crippen LogP contribution in [-0.4, -0.2) is 84.3 Å². The SMILES string of the molecule is CCCC(=O)CC(CCCCN)C(=O)CC(CC(C)C)C(=O)CC(C(=O)N(C)CC(=O)N(C)CC(=O)CC(C)C(C)=O)C(C)C. The Balaban J connectivity index is 5.62. The molecule has 2 N–H and O–H groups in total. The topological polar surface area (TPSA) is 152 Å². The van der Waals surface area contributed by atoms with E-state index in [-0.39, 0.29) is 85.4 Å². The molecule has 0 aromatic carbocycles. The summed E-state index contributed by atoms with van der Waals surface area (Å²) in [7, 11) is 2.98. The normalized spacial score (nSPS) is 14.0. The fraction of sp³-hybridized carbons (Fsp3) is 0.800. The van der Waals surface area contributed by atoms with Crippen molar-refractivity contribution >= 4 is 40.7 Å². The van der Waals surface area contributed by atoms with E-state index >= 15 is 0 Å². The van der Waals surface area contributed by atoms with Crippen LogP contribution in [-0.2, 0) is 33.6 Å². The first-order chi connectivity index (χ1) is 20.9. The Morgan fingerprint density at radius 1 is 0.711 bits per heavy atom. The molecule has 0 spiro atoms. The molecule has 10 nitrogen and oxygen atoms in total. The second-order valence-corrected chi connectivity index (χ2v) is 13.7. The van der Waals surface area contributed by atoms with Gasteiger partial charge >= 0.3 is 0 Å². The lowest BCUT2D eigenvalue weighted by atomic mass is 9.79. The Bertz CT molecular complexity index is 1010. The van der Waals surface area contributed by atoms with Crippen LogP contribution in [0.3, 0.4) is 0 Å². The summed E-state index contributed by atoms with van der Waals surface area (Å²) in [5.41, 5.74) is 5.64. The van der Waals surface area contributed by atoms with Crippen molar-refractivity contribution in [2.45, 2.75) is 113 Å². The average molecular weight is 636 g/mol. The Hall–Kier alpha value is -2.75. The van der Waals surface area contributed by atoms with Crippen molar-refractivity contribution in [3.05, 3.63) is 0 Å². The summed E-state index contributed by atoms with van der Waals surface area (Å²) in [6.45, 7) is 12.8. The highest BCUT2D eigenvalue weighted by atomic mass is 16.2. The number of hydrogen-bond donors (Lipinski definition) is 1. The van der Waals surface area contributed by atoms with Gasteiger partial charge in [-0.2, -0.15) is 0 Å². The van der Waals surface area contributed by atoms with E-state index < -0.39 is 29.6 Å². The molecule has 0 aliphatic carbocycles. The smallest absolute Gasteiger partial charge is 0.242 e. The minimum Gasteiger partial charge on any atom is -0.337 e. The molecule has 258 valence electrons. The van der Waals surface area contributed by atoms with Gasteiger partial charge in [0.1, 0.15) is 23.1 Å². The highest BCUT2D eigenvalue weighted by molar-refractivity contribution is 5.95. The van der Waals surface area contributed by atoms with Crippen molar-refractivity contribution in [1.82, 2.24) is 9.80 Å². The number of Topliss-reactive ketones (excluding diaryl/α,β-unsaturated/α-hetero) is 5. The van der Waals surface area contributed by atoms with E-state index in [1.54, 1.807) is 6.92 Å². The summed E-state index contributed by atoms with van der Waals surface area (Å²) >= 11 is 0. The zero-order valence-corrected chi connectivity index (χ0v) is 29.5. The summed E-state index contributed by atoms with van der Waals surface area (Å²) in [6, 6.07) is 0. The first kappa shape index (κ1) is 42.2. The van der Waals surface area contributed by atoms with Crippen LogP contribution in [0.2, 0.25) is 0 Å². The van der Waals surface area contributed by atoms with Crippen LogP contribution in [0.5, 0.6) is 0 Å². The fourth-order valence-electron chi connectivity index (χ4n) is 5.45. The number of hydrogen-bond acceptors (Lipinski definition) is 8. The number of carbonyl (C=O) groups is 7. The van der Waals surface area contributed by atoms with Crippen molar-refractivity contribution in [1.29, 1.82) is 0 Å². The van der Waals surface area contributed by atoms with E-state index in [0.717, 1.165) is 19.3 Å². The maximum absolute atomic E-state index is 13.7. The fourth-order valence-corrected chi connectivity index (χ4v) is 5.45. The predicted octanol–water partition coefficient (Wildman–Crippen LogP) is 4.44. The molecular weight excluding hydrogens is 574 g/mol. The number of amides is 2. The lowest BCUT2D eigenvalue weighted by molar-refractivity contribution is -0.144. The quantitative estimate of drug-likeness (QED) is 0.145. The minimum atomic E-state index is -0.685. The van der Waals surface area contributed by atoms with Gasteiger partial charge in [-0.05, 0) is 51.0 Å². The molecule has 0 aliphatic heterocycles. The van der Waals surface area contributed by atoms with Gasteiger partial charge in [0.2, 0.25) is 11.8 Å². The molecule has 0 fully saturated rings. The van der Waals surface area contributed by atoms with Gasteiger partial charge in [-0.1, -0.05) is 48.0 Å². The lowest BCUT2D eigenvalue weighted by Gasteiger charge is -2.28. The molecule has 0 rings (SSSR count). The zero-order valence-electron chi connectivity index (χ0n) is 29.5. The molecule has 4 unspecified atom stereocenters. The summed E-state index contributed by atoms with van der Waals surface area (Å²) < 4.78 is 0. The third-order valence-corrected chi connectivity index (χ3v) is 8.48. The minimum absolute atomic E-state index is 0.0398. The highest BCUT2D eigenvalue weighted by Crippen LogP contribution is 2.28. The van der Waals surface area contributed by atoms with Crippen molar-refractivity contribution in [3.8, 4) is 0 Å². The lowest BCUT2D eigenvalue weighted by Crippen LogP contribution is -2.44. The molecule has 0 bridgehead atoms. The Kier molecular flexibility index (Phi) is 20.6. The van der Waals surface area contributed by atoms with Crippen LogP contribution >= 0.6 is 0 Å². The number of nitrogens with zero attached hydrogens (tertiary/aromatic N) is 2. The van der Waals surface area contributed by atoms with Gasteiger partial charge in [-0.15, -0.1) is 0 Å². The van der Waals surface area contributed by atoms with E-state index in [9.17, 15) is 33.6 Å². The van der Waals surface area contributed by atoms with E-state index in [4.69, 9.17) is 5.73 Å². The molecule has 0 aliphatic rings. The molecule has 0 aromatic heterocycles. The Morgan fingerprint density at radius 2 is 1.31 bits per heavy atom. The number of nitrogens with two attached hydrogens (primary N) is 1. The van der Waals surface area contributed by atoms with Crippen LogP contribution in [0.15, 0.2) is 0 Å². The summed E-state index contributed by atoms with van der Waals surface area (Å²) in [4.78, 5) is 92.3. The number of ketones is 5. The Labute approximate surface area is 271 Å². The second-order valence-electron chi connectivity index (χ2n) is 13.7. The van der Waals surface area contributed by atoms with Crippen LogP contribution in [0.1, 0.15) is 113 Å². The van der Waals surface area contributed by atoms with Gasteiger partial charge < -0.3 is 15.5 Å². The van der Waals surface area contributed by atoms with E-state index in [1.165, 1.54) is 30.8 Å². The van der Waals surface area contributed by atoms with Gasteiger partial charge in [0.15, 0.2) is 5.78 Å². The van der Waals surface area contributed by atoms with Gasteiger partial charge in [-0.25, -0.2) is 0 Å². The Morgan fingerprint density at radius 3 is 1.82 bits per heavy atom. The summed E-state index contributed by atoms with van der Waals surface area (Å²) in [6.07, 6.45) is 3.93. The van der Waals surface area contributed by atoms with Gasteiger partial charge in [0.05, 0.1) is 13.1 Å². The molecule has 10 heteroatoms. The first-order valence-electron chi connectivity index (χ1n) is 16.7. The summed E-state index contributed by atoms with van der Waals surface area (Å²) in [5, 5.41) is 0. The molecule has 0 saturated heterocycles. The molecular formula is C35H61N3O7. The molecule has 4 atom stereocenters. The van der Waals surface area contributed by atoms with Crippen molar-refractivity contribution in [2.24, 2.45) is 41.2 Å². The standard InChI is InChI=1S/C35H61N3O7/c1-10-13-29(40)18-27(14-11-12-15-36)32(42)19-28(16-23(2)3)33(43)20-31(24(4)5)35(45)38(9)22-34(44)37(8)21-30(41)17-25(6)26(7)39/h23-25,27-28,31H,10-22,36H2,1-9H3. The monoisotopic (exact) mass is 635 g/mol. The zero-order chi connectivity index (χ0) is 34.9. The van der Waals surface area contributed by atoms with Gasteiger partial charge in [0.25, 0.3) is 0 Å². The van der Waals surface area contributed by atoms with Crippen LogP contribution in [0.4, 0.5) is 0 Å².